The van der Waals surface area contributed by atoms with Crippen molar-refractivity contribution in [2.45, 2.75) is 90.3 Å². The van der Waals surface area contributed by atoms with E-state index < -0.39 is 23.6 Å². The Kier molecular flexibility index (Phi) is 11.8. The zero-order valence-corrected chi connectivity index (χ0v) is 20.4. The molecule has 0 saturated carbocycles. The van der Waals surface area contributed by atoms with Gasteiger partial charge in [-0.05, 0) is 48.2 Å². The number of unbranched alkanes of at least 4 members (excludes halogenated alkanes) is 9. The van der Waals surface area contributed by atoms with Crippen LogP contribution in [0.4, 0.5) is 18.9 Å². The maximum Gasteiger partial charge on any atom is 0.416 e. The van der Waals surface area contributed by atoms with Crippen LogP contribution in [0.5, 0.6) is 0 Å². The third-order valence-corrected chi connectivity index (χ3v) is 6.12. The van der Waals surface area contributed by atoms with Gasteiger partial charge in [0.05, 0.1) is 12.1 Å². The number of anilines is 1. The number of nitrogens with zero attached hydrogens (tertiary/aromatic N) is 1. The van der Waals surface area contributed by atoms with Gasteiger partial charge in [0.2, 0.25) is 0 Å². The maximum atomic E-state index is 12.8. The molecule has 2 aromatic carbocycles. The van der Waals surface area contributed by atoms with E-state index >= 15 is 0 Å². The fourth-order valence-electron chi connectivity index (χ4n) is 4.04. The van der Waals surface area contributed by atoms with Crippen LogP contribution in [-0.2, 0) is 28.7 Å². The highest BCUT2D eigenvalue weighted by Gasteiger charge is 2.31. The summed E-state index contributed by atoms with van der Waals surface area (Å²) < 4.78 is 38.5. The van der Waals surface area contributed by atoms with E-state index in [2.05, 4.69) is 6.92 Å². The van der Waals surface area contributed by atoms with E-state index in [0.717, 1.165) is 42.0 Å². The van der Waals surface area contributed by atoms with Gasteiger partial charge in [-0.1, -0.05) is 89.0 Å². The number of benzene rings is 2. The van der Waals surface area contributed by atoms with Gasteiger partial charge in [-0.25, -0.2) is 4.79 Å². The molecular formula is C28H36F3NO3. The Balaban J connectivity index is 1.85. The molecule has 0 bridgehead atoms. The number of carboxylic acids is 1. The Morgan fingerprint density at radius 2 is 1.23 bits per heavy atom. The number of alkyl halides is 3. The molecule has 0 aliphatic heterocycles. The van der Waals surface area contributed by atoms with Crippen LogP contribution >= 0.6 is 0 Å². The molecule has 0 aromatic heterocycles. The lowest BCUT2D eigenvalue weighted by molar-refractivity contribution is -0.148. The molecule has 7 heteroatoms. The summed E-state index contributed by atoms with van der Waals surface area (Å²) in [5, 5.41) is 9.17. The second kappa shape index (κ2) is 14.5. The molecule has 0 spiro atoms. The topological polar surface area (TPSA) is 57.6 Å². The number of halogens is 3. The number of carbonyl (C=O) groups excluding carboxylic acids is 1. The molecular weight excluding hydrogens is 455 g/mol. The van der Waals surface area contributed by atoms with Crippen molar-refractivity contribution in [1.29, 1.82) is 0 Å². The maximum absolute atomic E-state index is 12.8. The van der Waals surface area contributed by atoms with Crippen LogP contribution in [0.1, 0.15) is 87.8 Å². The Labute approximate surface area is 206 Å². The van der Waals surface area contributed by atoms with E-state index in [-0.39, 0.29) is 12.2 Å². The molecule has 4 nitrogen and oxygen atoms in total. The standard InChI is InChI=1S/C28H36F3NO3/c1-2-3-4-5-6-7-8-9-10-11-12-22-13-15-23(16-14-22)21-32(26(33)27(34)35)25-19-17-24(18-20-25)28(29,30)31/h13-20H,2-12,21H2,1H3,(H,34,35). The SMILES string of the molecule is CCCCCCCCCCCCc1ccc(CN(C(=O)C(=O)O)c2ccc(C(F)(F)F)cc2)cc1. The number of hydrogen-bond donors (Lipinski definition) is 1. The fraction of sp³-hybridized carbons (Fsp3) is 0.500. The average molecular weight is 492 g/mol. The molecule has 0 fully saturated rings. The first-order valence-electron chi connectivity index (χ1n) is 12.5. The predicted octanol–water partition coefficient (Wildman–Crippen LogP) is 7.79. The van der Waals surface area contributed by atoms with Crippen LogP contribution < -0.4 is 4.90 Å². The predicted molar refractivity (Wildman–Crippen MR) is 132 cm³/mol. The Morgan fingerprint density at radius 1 is 0.743 bits per heavy atom. The van der Waals surface area contributed by atoms with E-state index in [4.69, 9.17) is 0 Å². The van der Waals surface area contributed by atoms with Gasteiger partial charge in [0.15, 0.2) is 0 Å². The third kappa shape index (κ3) is 10.1. The van der Waals surface area contributed by atoms with Gasteiger partial charge in [-0.2, -0.15) is 13.2 Å². The number of carboxylic acid groups (broad SMARTS) is 1. The van der Waals surface area contributed by atoms with Crippen LogP contribution in [0.3, 0.4) is 0 Å². The lowest BCUT2D eigenvalue weighted by atomic mass is 10.0. The summed E-state index contributed by atoms with van der Waals surface area (Å²) in [6.07, 6.45) is 9.19. The van der Waals surface area contributed by atoms with Crippen molar-refractivity contribution in [3.63, 3.8) is 0 Å². The molecule has 2 rings (SSSR count). The number of carbonyl (C=O) groups is 2. The summed E-state index contributed by atoms with van der Waals surface area (Å²) in [4.78, 5) is 24.5. The first kappa shape index (κ1) is 28.4. The first-order chi connectivity index (χ1) is 16.7. The minimum atomic E-state index is -4.51. The van der Waals surface area contributed by atoms with E-state index in [1.807, 2.05) is 24.3 Å². The number of hydrogen-bond acceptors (Lipinski definition) is 2. The van der Waals surface area contributed by atoms with Crippen molar-refractivity contribution >= 4 is 17.6 Å². The van der Waals surface area contributed by atoms with E-state index in [9.17, 15) is 27.9 Å². The van der Waals surface area contributed by atoms with E-state index in [1.54, 1.807) is 0 Å². The molecule has 0 aliphatic carbocycles. The molecule has 35 heavy (non-hydrogen) atoms. The van der Waals surface area contributed by atoms with Crippen LogP contribution in [0.15, 0.2) is 48.5 Å². The molecule has 192 valence electrons. The highest BCUT2D eigenvalue weighted by Crippen LogP contribution is 2.31. The second-order valence-electron chi connectivity index (χ2n) is 8.99. The summed E-state index contributed by atoms with van der Waals surface area (Å²) in [6.45, 7) is 2.18. The van der Waals surface area contributed by atoms with E-state index in [1.165, 1.54) is 63.4 Å². The van der Waals surface area contributed by atoms with Gasteiger partial charge in [-0.3, -0.25) is 9.69 Å². The Bertz CT molecular complexity index is 909. The lowest BCUT2D eigenvalue weighted by Crippen LogP contribution is -2.36. The summed E-state index contributed by atoms with van der Waals surface area (Å²) >= 11 is 0. The normalized spacial score (nSPS) is 11.4. The molecule has 0 unspecified atom stereocenters. The summed E-state index contributed by atoms with van der Waals surface area (Å²) in [7, 11) is 0. The summed E-state index contributed by atoms with van der Waals surface area (Å²) in [5.74, 6) is -2.86. The molecule has 0 heterocycles. The van der Waals surface area contributed by atoms with Crippen LogP contribution in [-0.4, -0.2) is 17.0 Å². The van der Waals surface area contributed by atoms with Crippen molar-refractivity contribution in [3.05, 3.63) is 65.2 Å². The number of rotatable bonds is 14. The quantitative estimate of drug-likeness (QED) is 0.217. The zero-order chi connectivity index (χ0) is 25.7. The van der Waals surface area contributed by atoms with Crippen LogP contribution in [0.2, 0.25) is 0 Å². The highest BCUT2D eigenvalue weighted by atomic mass is 19.4. The molecule has 0 saturated heterocycles. The van der Waals surface area contributed by atoms with Gasteiger partial charge >= 0.3 is 18.1 Å². The molecule has 1 amide bonds. The lowest BCUT2D eigenvalue weighted by Gasteiger charge is -2.21. The molecule has 2 aromatic rings. The van der Waals surface area contributed by atoms with Gasteiger partial charge in [0.25, 0.3) is 0 Å². The van der Waals surface area contributed by atoms with Gasteiger partial charge in [0, 0.05) is 5.69 Å². The molecule has 0 atom stereocenters. The molecule has 1 N–H and O–H groups in total. The van der Waals surface area contributed by atoms with Crippen molar-refractivity contribution in [3.8, 4) is 0 Å². The molecule has 0 radical (unpaired) electrons. The second-order valence-corrected chi connectivity index (χ2v) is 8.99. The Hall–Kier alpha value is -2.83. The van der Waals surface area contributed by atoms with Crippen molar-refractivity contribution < 1.29 is 27.9 Å². The monoisotopic (exact) mass is 491 g/mol. The highest BCUT2D eigenvalue weighted by molar-refractivity contribution is 6.37. The van der Waals surface area contributed by atoms with Gasteiger partial charge in [-0.15, -0.1) is 0 Å². The van der Waals surface area contributed by atoms with Crippen molar-refractivity contribution in [1.82, 2.24) is 0 Å². The zero-order valence-electron chi connectivity index (χ0n) is 20.4. The minimum Gasteiger partial charge on any atom is -0.474 e. The van der Waals surface area contributed by atoms with Crippen LogP contribution in [0.25, 0.3) is 0 Å². The summed E-state index contributed by atoms with van der Waals surface area (Å²) in [5.41, 5.74) is 1.10. The third-order valence-electron chi connectivity index (χ3n) is 6.12. The van der Waals surface area contributed by atoms with Crippen LogP contribution in [0, 0.1) is 0 Å². The van der Waals surface area contributed by atoms with Gasteiger partial charge < -0.3 is 5.11 Å². The first-order valence-corrected chi connectivity index (χ1v) is 12.5. The number of aliphatic carboxylic acids is 1. The smallest absolute Gasteiger partial charge is 0.416 e. The largest absolute Gasteiger partial charge is 0.474 e. The van der Waals surface area contributed by atoms with Gasteiger partial charge in [0.1, 0.15) is 0 Å². The van der Waals surface area contributed by atoms with Crippen molar-refractivity contribution in [2.75, 3.05) is 4.90 Å². The number of aryl methyl sites for hydroxylation is 1. The van der Waals surface area contributed by atoms with Crippen molar-refractivity contribution in [2.24, 2.45) is 0 Å². The average Bonchev–Trinajstić information content (AvgIpc) is 2.83. The minimum absolute atomic E-state index is 0.0466. The molecule has 0 aliphatic rings. The fourth-order valence-corrected chi connectivity index (χ4v) is 4.04. The number of amides is 1. The van der Waals surface area contributed by atoms with E-state index in [0.29, 0.717) is 5.56 Å². The Morgan fingerprint density at radius 3 is 1.71 bits per heavy atom. The summed E-state index contributed by atoms with van der Waals surface area (Å²) in [6, 6.07) is 11.5.